The molecule has 0 heterocycles. The predicted octanol–water partition coefficient (Wildman–Crippen LogP) is 5.97. The minimum Gasteiger partial charge on any atom is -0.461 e. The van der Waals surface area contributed by atoms with Crippen LogP contribution in [-0.4, -0.2) is 29.4 Å². The highest BCUT2D eigenvalue weighted by Gasteiger charge is 2.81. The Labute approximate surface area is 221 Å². The minimum absolute atomic E-state index is 0.0794. The van der Waals surface area contributed by atoms with Crippen LogP contribution in [-0.2, 0) is 23.9 Å². The molecule has 0 aromatic carbocycles. The average Bonchev–Trinajstić information content (AvgIpc) is 3.18. The first-order valence-corrected chi connectivity index (χ1v) is 14.1. The molecule has 3 fully saturated rings. The summed E-state index contributed by atoms with van der Waals surface area (Å²) in [7, 11) is 0. The first kappa shape index (κ1) is 26.3. The molecule has 0 unspecified atom stereocenters. The van der Waals surface area contributed by atoms with Crippen LogP contribution in [0.4, 0.5) is 0 Å². The number of carbonyl (C=O) groups excluding carboxylic acids is 4. The molecule has 0 radical (unpaired) electrons. The van der Waals surface area contributed by atoms with Gasteiger partial charge >= 0.3 is 5.97 Å². The molecule has 0 aromatic rings. The quantitative estimate of drug-likeness (QED) is 0.262. The maximum absolute atomic E-state index is 14.5. The van der Waals surface area contributed by atoms with Crippen molar-refractivity contribution in [3.05, 3.63) is 33.4 Å². The molecule has 2 spiro atoms. The van der Waals surface area contributed by atoms with Gasteiger partial charge in [0.1, 0.15) is 11.9 Å². The number of carbonyl (C=O) groups is 4. The zero-order valence-corrected chi connectivity index (χ0v) is 23.9. The molecule has 0 saturated heterocycles. The fraction of sp³-hybridized carbons (Fsp3) is 0.688. The molecule has 5 nitrogen and oxygen atoms in total. The number of ketones is 3. The Morgan fingerprint density at radius 3 is 2.11 bits per heavy atom. The SMILES string of the molecule is CC(=O)O[C@@H]1[C@@H]2C(C)=C3C[C@H](C(C)C)C(=O)C[C@H](C)[C@@]31[C@H]1C(=O)C(C)=C3CC(=C(C)C)C(=O)C[C@@H](C)[C@@]312. The average molecular weight is 507 g/mol. The number of Topliss-reactive ketones (excluding diaryl/α,β-unsaturated/α-hetero) is 3. The van der Waals surface area contributed by atoms with Gasteiger partial charge < -0.3 is 4.74 Å². The number of fused-ring (bicyclic) bond motifs is 1. The van der Waals surface area contributed by atoms with Gasteiger partial charge in [-0.1, -0.05) is 50.0 Å². The lowest BCUT2D eigenvalue weighted by Crippen LogP contribution is -2.49. The smallest absolute Gasteiger partial charge is 0.302 e. The molecule has 0 aliphatic heterocycles. The largest absolute Gasteiger partial charge is 0.461 e. The topological polar surface area (TPSA) is 77.5 Å². The van der Waals surface area contributed by atoms with Crippen molar-refractivity contribution in [2.24, 2.45) is 46.3 Å². The maximum atomic E-state index is 14.5. The molecule has 200 valence electrons. The van der Waals surface area contributed by atoms with Gasteiger partial charge in [0, 0.05) is 48.3 Å². The van der Waals surface area contributed by atoms with E-state index in [1.165, 1.54) is 18.1 Å². The normalized spacial score (nSPS) is 41.1. The van der Waals surface area contributed by atoms with E-state index in [0.717, 1.165) is 22.3 Å². The summed E-state index contributed by atoms with van der Waals surface area (Å²) in [5, 5.41) is 0. The lowest BCUT2D eigenvalue weighted by atomic mass is 9.51. The third kappa shape index (κ3) is 3.03. The molecular formula is C32H42O5. The van der Waals surface area contributed by atoms with E-state index in [-0.39, 0.29) is 52.9 Å². The second-order valence-corrected chi connectivity index (χ2v) is 13.2. The summed E-state index contributed by atoms with van der Waals surface area (Å²) in [4.78, 5) is 54.1. The van der Waals surface area contributed by atoms with E-state index in [9.17, 15) is 19.2 Å². The van der Waals surface area contributed by atoms with Gasteiger partial charge in [0.05, 0.1) is 0 Å². The van der Waals surface area contributed by atoms with Crippen LogP contribution in [0.15, 0.2) is 33.4 Å². The van der Waals surface area contributed by atoms with Crippen LogP contribution >= 0.6 is 0 Å². The second-order valence-electron chi connectivity index (χ2n) is 13.2. The molecular weight excluding hydrogens is 464 g/mol. The Hall–Kier alpha value is -2.30. The predicted molar refractivity (Wildman–Crippen MR) is 141 cm³/mol. The van der Waals surface area contributed by atoms with Crippen LogP contribution in [0.2, 0.25) is 0 Å². The molecule has 2 bridgehead atoms. The third-order valence-electron chi connectivity index (χ3n) is 11.2. The lowest BCUT2D eigenvalue weighted by Gasteiger charge is -2.49. The van der Waals surface area contributed by atoms with Crippen LogP contribution < -0.4 is 0 Å². The first-order chi connectivity index (χ1) is 17.2. The summed E-state index contributed by atoms with van der Waals surface area (Å²) >= 11 is 0. The van der Waals surface area contributed by atoms with Crippen molar-refractivity contribution in [1.82, 2.24) is 0 Å². The van der Waals surface area contributed by atoms with Crippen LogP contribution in [0.5, 0.6) is 0 Å². The van der Waals surface area contributed by atoms with Crippen molar-refractivity contribution < 1.29 is 23.9 Å². The number of hydrogen-bond donors (Lipinski definition) is 0. The summed E-state index contributed by atoms with van der Waals surface area (Å²) in [5.41, 5.74) is 4.78. The number of allylic oxidation sites excluding steroid dienone is 4. The standard InChI is InChI=1S/C32H42O5/c1-14(2)21-12-23-18(7)27-30(37-20(9)33)32(23,17(6)11-26(21)35)29-28(36)19(8)24-13-22(15(3)4)25(34)10-16(5)31(24,27)29/h14,16-17,21,27,29-30H,10-13H2,1-9H3/t16-,17+,21-,27+,29+,30-,31+,32+/m1/s1. The maximum Gasteiger partial charge on any atom is 0.302 e. The number of hydrogen-bond acceptors (Lipinski definition) is 5. The van der Waals surface area contributed by atoms with Crippen LogP contribution in [0, 0.1) is 46.3 Å². The molecule has 0 aromatic heterocycles. The summed E-state index contributed by atoms with van der Waals surface area (Å²) < 4.78 is 6.28. The molecule has 5 aliphatic carbocycles. The van der Waals surface area contributed by atoms with Gasteiger partial charge in [-0.2, -0.15) is 0 Å². The molecule has 3 saturated carbocycles. The Morgan fingerprint density at radius 2 is 1.54 bits per heavy atom. The van der Waals surface area contributed by atoms with Crippen molar-refractivity contribution in [2.45, 2.75) is 94.1 Å². The third-order valence-corrected chi connectivity index (χ3v) is 11.2. The van der Waals surface area contributed by atoms with Gasteiger partial charge in [0.25, 0.3) is 0 Å². The van der Waals surface area contributed by atoms with E-state index in [4.69, 9.17) is 4.74 Å². The summed E-state index contributed by atoms with van der Waals surface area (Å²) in [6.07, 6.45) is 1.39. The van der Waals surface area contributed by atoms with Crippen LogP contribution in [0.25, 0.3) is 0 Å². The van der Waals surface area contributed by atoms with Crippen molar-refractivity contribution in [1.29, 1.82) is 0 Å². The van der Waals surface area contributed by atoms with Gasteiger partial charge in [0.15, 0.2) is 11.6 Å². The van der Waals surface area contributed by atoms with E-state index >= 15 is 0 Å². The molecule has 37 heavy (non-hydrogen) atoms. The number of ether oxygens (including phenoxy) is 1. The highest BCUT2D eigenvalue weighted by Crippen LogP contribution is 2.80. The molecule has 0 N–H and O–H groups in total. The molecule has 8 atom stereocenters. The van der Waals surface area contributed by atoms with Gasteiger partial charge in [-0.15, -0.1) is 0 Å². The Balaban J connectivity index is 1.84. The van der Waals surface area contributed by atoms with E-state index in [0.29, 0.717) is 25.7 Å². The minimum atomic E-state index is -0.716. The summed E-state index contributed by atoms with van der Waals surface area (Å²) in [6, 6.07) is 0. The number of rotatable bonds is 2. The van der Waals surface area contributed by atoms with Crippen molar-refractivity contribution in [3.8, 4) is 0 Å². The van der Waals surface area contributed by atoms with E-state index in [1.807, 2.05) is 20.8 Å². The van der Waals surface area contributed by atoms with Gasteiger partial charge in [-0.3, -0.25) is 19.2 Å². The second kappa shape index (κ2) is 8.35. The monoisotopic (exact) mass is 506 g/mol. The molecule has 5 aliphatic rings. The van der Waals surface area contributed by atoms with Gasteiger partial charge in [-0.25, -0.2) is 0 Å². The van der Waals surface area contributed by atoms with E-state index in [1.54, 1.807) is 0 Å². The van der Waals surface area contributed by atoms with Crippen LogP contribution in [0.3, 0.4) is 0 Å². The van der Waals surface area contributed by atoms with Crippen LogP contribution in [0.1, 0.15) is 88.0 Å². The Morgan fingerprint density at radius 1 is 0.919 bits per heavy atom. The molecule has 0 amide bonds. The highest BCUT2D eigenvalue weighted by atomic mass is 16.5. The first-order valence-electron chi connectivity index (χ1n) is 14.1. The van der Waals surface area contributed by atoms with E-state index < -0.39 is 22.9 Å². The Kier molecular flexibility index (Phi) is 5.94. The summed E-state index contributed by atoms with van der Waals surface area (Å²) in [6.45, 7) is 17.9. The van der Waals surface area contributed by atoms with Crippen molar-refractivity contribution in [2.75, 3.05) is 0 Å². The molecule has 5 rings (SSSR count). The summed E-state index contributed by atoms with van der Waals surface area (Å²) in [5.74, 6) is -0.491. The zero-order chi connectivity index (χ0) is 27.4. The number of esters is 1. The van der Waals surface area contributed by atoms with Crippen molar-refractivity contribution >= 4 is 23.3 Å². The Bertz CT molecular complexity index is 1220. The van der Waals surface area contributed by atoms with Gasteiger partial charge in [0.2, 0.25) is 0 Å². The fourth-order valence-electron chi connectivity index (χ4n) is 9.79. The zero-order valence-electron chi connectivity index (χ0n) is 23.9. The molecule has 5 heteroatoms. The van der Waals surface area contributed by atoms with Gasteiger partial charge in [-0.05, 0) is 69.4 Å². The van der Waals surface area contributed by atoms with E-state index in [2.05, 4.69) is 34.6 Å². The lowest BCUT2D eigenvalue weighted by molar-refractivity contribution is -0.155. The fourth-order valence-corrected chi connectivity index (χ4v) is 9.79. The van der Waals surface area contributed by atoms with Crippen molar-refractivity contribution in [3.63, 3.8) is 0 Å². The highest BCUT2D eigenvalue weighted by molar-refractivity contribution is 6.06.